The van der Waals surface area contributed by atoms with Crippen molar-refractivity contribution in [1.29, 1.82) is 0 Å². The third kappa shape index (κ3) is 5.79. The quantitative estimate of drug-likeness (QED) is 0.527. The number of hydrogen-bond acceptors (Lipinski definition) is 6. The number of H-pyrrole nitrogens is 1. The van der Waals surface area contributed by atoms with E-state index in [2.05, 4.69) is 4.98 Å². The predicted octanol–water partition coefficient (Wildman–Crippen LogP) is 0.449. The van der Waals surface area contributed by atoms with E-state index in [0.29, 0.717) is 49.3 Å². The molecule has 160 valence electrons. The molecule has 2 aromatic rings. The van der Waals surface area contributed by atoms with Crippen LogP contribution in [0.2, 0.25) is 0 Å². The van der Waals surface area contributed by atoms with Gasteiger partial charge >= 0.3 is 5.97 Å². The number of aromatic amines is 1. The smallest absolute Gasteiger partial charge is 0.355 e. The van der Waals surface area contributed by atoms with Crippen molar-refractivity contribution in [3.8, 4) is 0 Å². The number of carbonyl (C=O) groups excluding carboxylic acids is 1. The van der Waals surface area contributed by atoms with Crippen LogP contribution in [0.4, 0.5) is 5.69 Å². The maximum absolute atomic E-state index is 13.4. The fourth-order valence-corrected chi connectivity index (χ4v) is 3.18. The second-order valence-electron chi connectivity index (χ2n) is 7.06. The monoisotopic (exact) mass is 406 g/mol. The first kappa shape index (κ1) is 22.9. The van der Waals surface area contributed by atoms with Crippen molar-refractivity contribution >= 4 is 22.6 Å². The number of ether oxygens (including phenoxy) is 3. The Labute approximate surface area is 171 Å². The van der Waals surface area contributed by atoms with Crippen LogP contribution in [0, 0.1) is 0 Å². The van der Waals surface area contributed by atoms with E-state index in [1.54, 1.807) is 21.1 Å². The molecule has 0 amide bonds. The number of methoxy groups -OCH3 is 2. The van der Waals surface area contributed by atoms with Crippen molar-refractivity contribution in [2.45, 2.75) is 13.5 Å². The van der Waals surface area contributed by atoms with Crippen molar-refractivity contribution in [2.75, 3.05) is 66.1 Å². The molecule has 0 saturated carbocycles. The number of quaternary nitrogens is 1. The lowest BCUT2D eigenvalue weighted by atomic mass is 10.1. The van der Waals surface area contributed by atoms with Crippen LogP contribution in [0.15, 0.2) is 23.0 Å². The second-order valence-corrected chi connectivity index (χ2v) is 7.06. The summed E-state index contributed by atoms with van der Waals surface area (Å²) in [6.45, 7) is 4.83. The van der Waals surface area contributed by atoms with Crippen LogP contribution in [-0.4, -0.2) is 72.2 Å². The third-order valence-corrected chi connectivity index (χ3v) is 4.83. The number of benzene rings is 1. The van der Waals surface area contributed by atoms with Gasteiger partial charge in [0.2, 0.25) is 0 Å². The highest BCUT2D eigenvalue weighted by atomic mass is 16.5. The Morgan fingerprint density at radius 2 is 1.79 bits per heavy atom. The number of nitrogens with zero attached hydrogens (tertiary/aromatic N) is 1. The Bertz CT molecular complexity index is 870. The number of hydrogen-bond donors (Lipinski definition) is 2. The van der Waals surface area contributed by atoms with Crippen LogP contribution in [0.1, 0.15) is 23.0 Å². The number of pyridine rings is 1. The largest absolute Gasteiger partial charge is 0.461 e. The zero-order valence-corrected chi connectivity index (χ0v) is 18.0. The molecule has 1 aromatic heterocycles. The van der Waals surface area contributed by atoms with Gasteiger partial charge in [0.25, 0.3) is 0 Å². The molecule has 0 aliphatic carbocycles. The van der Waals surface area contributed by atoms with E-state index in [1.807, 2.05) is 37.2 Å². The van der Waals surface area contributed by atoms with Crippen LogP contribution < -0.4 is 15.2 Å². The van der Waals surface area contributed by atoms with Gasteiger partial charge in [-0.15, -0.1) is 0 Å². The molecule has 0 bridgehead atoms. The number of rotatable bonds is 11. The highest BCUT2D eigenvalue weighted by Gasteiger charge is 2.23. The van der Waals surface area contributed by atoms with Gasteiger partial charge < -0.3 is 29.0 Å². The lowest BCUT2D eigenvalue weighted by molar-refractivity contribution is -0.914. The molecule has 8 heteroatoms. The SMILES string of the molecule is CCOC(=O)c1[nH]c2ccc(N(C)C)cc2c(=O)c1C[NH+](CCOC)CCOC. The summed E-state index contributed by atoms with van der Waals surface area (Å²) in [5, 5.41) is 0.553. The molecule has 0 radical (unpaired) electrons. The lowest BCUT2D eigenvalue weighted by Gasteiger charge is -2.20. The average Bonchev–Trinajstić information content (AvgIpc) is 2.71. The first-order chi connectivity index (χ1) is 13.9. The number of carbonyl (C=O) groups is 1. The standard InChI is InChI=1S/C21H31N3O5/c1-6-29-21(26)19-17(14-24(9-11-27-4)10-12-28-5)20(25)16-13-15(23(2)3)7-8-18(16)22-19/h7-8,13H,6,9-12,14H2,1-5H3,(H,22,25)/p+1. The Morgan fingerprint density at radius 3 is 2.34 bits per heavy atom. The Hall–Kier alpha value is -2.42. The summed E-state index contributed by atoms with van der Waals surface area (Å²) in [4.78, 5) is 32.1. The van der Waals surface area contributed by atoms with E-state index in [4.69, 9.17) is 14.2 Å². The summed E-state index contributed by atoms with van der Waals surface area (Å²) in [6, 6.07) is 5.57. The molecular formula is C21H32N3O5+. The van der Waals surface area contributed by atoms with Crippen LogP contribution in [0.25, 0.3) is 10.9 Å². The number of fused-ring (bicyclic) bond motifs is 1. The highest BCUT2D eigenvalue weighted by Crippen LogP contribution is 2.19. The summed E-state index contributed by atoms with van der Waals surface area (Å²) in [7, 11) is 7.13. The van der Waals surface area contributed by atoms with Gasteiger partial charge in [0.1, 0.15) is 25.3 Å². The third-order valence-electron chi connectivity index (χ3n) is 4.83. The Morgan fingerprint density at radius 1 is 1.14 bits per heavy atom. The molecule has 0 fully saturated rings. The van der Waals surface area contributed by atoms with Crippen LogP contribution in [-0.2, 0) is 20.8 Å². The summed E-state index contributed by atoms with van der Waals surface area (Å²) >= 11 is 0. The van der Waals surface area contributed by atoms with Crippen molar-refractivity contribution in [2.24, 2.45) is 0 Å². The number of aromatic nitrogens is 1. The average molecular weight is 407 g/mol. The predicted molar refractivity (Wildman–Crippen MR) is 113 cm³/mol. The maximum atomic E-state index is 13.4. The molecular weight excluding hydrogens is 374 g/mol. The van der Waals surface area contributed by atoms with Gasteiger partial charge in [-0.2, -0.15) is 0 Å². The lowest BCUT2D eigenvalue weighted by Crippen LogP contribution is -3.12. The van der Waals surface area contributed by atoms with Crippen LogP contribution in [0.5, 0.6) is 0 Å². The number of esters is 1. The molecule has 29 heavy (non-hydrogen) atoms. The molecule has 0 atom stereocenters. The van der Waals surface area contributed by atoms with E-state index >= 15 is 0 Å². The fourth-order valence-electron chi connectivity index (χ4n) is 3.18. The Balaban J connectivity index is 2.57. The zero-order valence-electron chi connectivity index (χ0n) is 18.0. The van der Waals surface area contributed by atoms with Crippen LogP contribution in [0.3, 0.4) is 0 Å². The van der Waals surface area contributed by atoms with Crippen molar-refractivity contribution in [1.82, 2.24) is 4.98 Å². The minimum atomic E-state index is -0.518. The number of anilines is 1. The molecule has 1 aromatic carbocycles. The molecule has 0 aliphatic rings. The zero-order chi connectivity index (χ0) is 21.4. The first-order valence-corrected chi connectivity index (χ1v) is 9.77. The Kier molecular flexibility index (Phi) is 8.63. The van der Waals surface area contributed by atoms with Crippen LogP contribution >= 0.6 is 0 Å². The minimum absolute atomic E-state index is 0.155. The van der Waals surface area contributed by atoms with E-state index in [1.165, 1.54) is 0 Å². The summed E-state index contributed by atoms with van der Waals surface area (Å²) in [5.74, 6) is -0.518. The van der Waals surface area contributed by atoms with E-state index in [9.17, 15) is 9.59 Å². The number of nitrogens with one attached hydrogen (secondary N) is 2. The molecule has 2 rings (SSSR count). The normalized spacial score (nSPS) is 11.2. The van der Waals surface area contributed by atoms with Crippen molar-refractivity contribution in [3.05, 3.63) is 39.7 Å². The topological polar surface area (TPSA) is 85.3 Å². The molecule has 8 nitrogen and oxygen atoms in total. The summed E-state index contributed by atoms with van der Waals surface area (Å²) < 4.78 is 15.6. The fraction of sp³-hybridized carbons (Fsp3) is 0.524. The van der Waals surface area contributed by atoms with E-state index < -0.39 is 5.97 Å². The van der Waals surface area contributed by atoms with Gasteiger partial charge in [0.05, 0.1) is 30.9 Å². The van der Waals surface area contributed by atoms with Crippen molar-refractivity contribution < 1.29 is 23.9 Å². The second kappa shape index (κ2) is 10.9. The minimum Gasteiger partial charge on any atom is -0.461 e. The van der Waals surface area contributed by atoms with Gasteiger partial charge in [-0.05, 0) is 25.1 Å². The molecule has 1 heterocycles. The maximum Gasteiger partial charge on any atom is 0.355 e. The first-order valence-electron chi connectivity index (χ1n) is 9.77. The molecule has 0 aliphatic heterocycles. The van der Waals surface area contributed by atoms with E-state index in [-0.39, 0.29) is 17.7 Å². The highest BCUT2D eigenvalue weighted by molar-refractivity contribution is 5.93. The molecule has 0 saturated heterocycles. The van der Waals surface area contributed by atoms with E-state index in [0.717, 1.165) is 10.6 Å². The molecule has 2 N–H and O–H groups in total. The van der Waals surface area contributed by atoms with Gasteiger partial charge in [0, 0.05) is 39.4 Å². The summed E-state index contributed by atoms with van der Waals surface area (Å²) in [6.07, 6.45) is 0. The van der Waals surface area contributed by atoms with Crippen molar-refractivity contribution in [3.63, 3.8) is 0 Å². The van der Waals surface area contributed by atoms with Gasteiger partial charge in [-0.3, -0.25) is 4.79 Å². The van der Waals surface area contributed by atoms with Gasteiger partial charge in [-0.25, -0.2) is 4.79 Å². The van der Waals surface area contributed by atoms with Gasteiger partial charge in [0.15, 0.2) is 5.43 Å². The summed E-state index contributed by atoms with van der Waals surface area (Å²) in [5.41, 5.74) is 2.02. The molecule has 0 spiro atoms. The molecule has 0 unspecified atom stereocenters. The van der Waals surface area contributed by atoms with Gasteiger partial charge in [-0.1, -0.05) is 0 Å².